The van der Waals surface area contributed by atoms with Crippen LogP contribution in [0.1, 0.15) is 41.9 Å². The molecule has 0 radical (unpaired) electrons. The van der Waals surface area contributed by atoms with Crippen LogP contribution in [0.25, 0.3) is 4.96 Å². The molecule has 0 aliphatic carbocycles. The molecule has 3 nitrogen and oxygen atoms in total. The van der Waals surface area contributed by atoms with Gasteiger partial charge in [0.15, 0.2) is 4.96 Å². The number of fused-ring (bicyclic) bond motifs is 1. The Morgan fingerprint density at radius 1 is 1.24 bits per heavy atom. The quantitative estimate of drug-likeness (QED) is 0.763. The molecule has 0 fully saturated rings. The Bertz CT molecular complexity index is 724. The second-order valence-corrected chi connectivity index (χ2v) is 6.32. The van der Waals surface area contributed by atoms with Gasteiger partial charge in [-0.2, -0.15) is 0 Å². The lowest BCUT2D eigenvalue weighted by molar-refractivity contribution is 0.512. The first-order valence-corrected chi connectivity index (χ1v) is 8.28. The molecule has 3 rings (SSSR count). The minimum absolute atomic E-state index is 0.384. The predicted molar refractivity (Wildman–Crippen MR) is 88.9 cm³/mol. The van der Waals surface area contributed by atoms with Crippen LogP contribution in [0, 0.1) is 13.8 Å². The highest BCUT2D eigenvalue weighted by Gasteiger charge is 2.13. The molecule has 21 heavy (non-hydrogen) atoms. The molecular weight excluding hydrogens is 278 g/mol. The van der Waals surface area contributed by atoms with Gasteiger partial charge in [0.25, 0.3) is 0 Å². The fourth-order valence-corrected chi connectivity index (χ4v) is 3.45. The monoisotopic (exact) mass is 299 g/mol. The highest BCUT2D eigenvalue weighted by molar-refractivity contribution is 7.15. The van der Waals surface area contributed by atoms with E-state index in [2.05, 4.69) is 71.3 Å². The van der Waals surface area contributed by atoms with Crippen molar-refractivity contribution in [3.8, 4) is 0 Å². The second-order valence-electron chi connectivity index (χ2n) is 5.45. The molecule has 0 spiro atoms. The maximum absolute atomic E-state index is 4.60. The molecule has 110 valence electrons. The Morgan fingerprint density at radius 3 is 2.71 bits per heavy atom. The molecule has 1 aromatic carbocycles. The maximum Gasteiger partial charge on any atom is 0.194 e. The Morgan fingerprint density at radius 2 is 2.00 bits per heavy atom. The van der Waals surface area contributed by atoms with Crippen LogP contribution < -0.4 is 5.32 Å². The van der Waals surface area contributed by atoms with Crippen molar-refractivity contribution < 1.29 is 0 Å². The van der Waals surface area contributed by atoms with Gasteiger partial charge in [0.2, 0.25) is 0 Å². The zero-order valence-corrected chi connectivity index (χ0v) is 13.6. The van der Waals surface area contributed by atoms with Crippen molar-refractivity contribution in [3.05, 3.63) is 58.4 Å². The number of hydrogen-bond acceptors (Lipinski definition) is 3. The van der Waals surface area contributed by atoms with Crippen molar-refractivity contribution >= 4 is 16.3 Å². The van der Waals surface area contributed by atoms with Crippen molar-refractivity contribution in [1.29, 1.82) is 0 Å². The first kappa shape index (κ1) is 14.3. The number of imidazole rings is 1. The summed E-state index contributed by atoms with van der Waals surface area (Å²) in [6, 6.07) is 9.19. The summed E-state index contributed by atoms with van der Waals surface area (Å²) in [6.45, 7) is 7.28. The molecule has 0 bridgehead atoms. The van der Waals surface area contributed by atoms with E-state index in [1.54, 1.807) is 11.3 Å². The van der Waals surface area contributed by atoms with Crippen molar-refractivity contribution in [3.63, 3.8) is 0 Å². The van der Waals surface area contributed by atoms with Crippen LogP contribution in [0.2, 0.25) is 0 Å². The highest BCUT2D eigenvalue weighted by atomic mass is 32.1. The minimum Gasteiger partial charge on any atom is -0.304 e. The van der Waals surface area contributed by atoms with Gasteiger partial charge < -0.3 is 5.32 Å². The van der Waals surface area contributed by atoms with E-state index in [9.17, 15) is 0 Å². The number of nitrogens with one attached hydrogen (secondary N) is 1. The fraction of sp³-hybridized carbons (Fsp3) is 0.353. The van der Waals surface area contributed by atoms with Gasteiger partial charge in [-0.3, -0.25) is 4.40 Å². The van der Waals surface area contributed by atoms with E-state index in [1.807, 2.05) is 0 Å². The summed E-state index contributed by atoms with van der Waals surface area (Å²) in [5.74, 6) is 0. The second kappa shape index (κ2) is 6.00. The van der Waals surface area contributed by atoms with Crippen molar-refractivity contribution in [2.75, 3.05) is 0 Å². The molecule has 2 heterocycles. The Kier molecular flexibility index (Phi) is 4.08. The van der Waals surface area contributed by atoms with Crippen LogP contribution in [-0.2, 0) is 6.54 Å². The first-order chi connectivity index (χ1) is 10.2. The Labute approximate surface area is 129 Å². The molecule has 4 heteroatoms. The van der Waals surface area contributed by atoms with Crippen LogP contribution in [0.3, 0.4) is 0 Å². The molecule has 0 aliphatic rings. The van der Waals surface area contributed by atoms with Gasteiger partial charge in [0.05, 0.1) is 11.4 Å². The summed E-state index contributed by atoms with van der Waals surface area (Å²) in [7, 11) is 0. The molecule has 3 aromatic rings. The van der Waals surface area contributed by atoms with Gasteiger partial charge >= 0.3 is 0 Å². The van der Waals surface area contributed by atoms with E-state index in [0.717, 1.165) is 23.6 Å². The van der Waals surface area contributed by atoms with Gasteiger partial charge in [0, 0.05) is 24.2 Å². The zero-order chi connectivity index (χ0) is 14.8. The third-order valence-electron chi connectivity index (χ3n) is 3.97. The van der Waals surface area contributed by atoms with E-state index in [0.29, 0.717) is 6.04 Å². The van der Waals surface area contributed by atoms with Crippen molar-refractivity contribution in [2.45, 2.75) is 39.8 Å². The SMILES string of the molecule is CCC(NCc1c(C)nc2sccn12)c1ccc(C)cc1. The predicted octanol–water partition coefficient (Wildman–Crippen LogP) is 4.25. The molecule has 1 atom stereocenters. The molecule has 1 N–H and O–H groups in total. The van der Waals surface area contributed by atoms with Crippen LogP contribution in [-0.4, -0.2) is 9.38 Å². The third-order valence-corrected chi connectivity index (χ3v) is 4.72. The zero-order valence-electron chi connectivity index (χ0n) is 12.8. The molecule has 0 saturated carbocycles. The van der Waals surface area contributed by atoms with Gasteiger partial charge in [-0.05, 0) is 25.8 Å². The van der Waals surface area contributed by atoms with E-state index in [1.165, 1.54) is 16.8 Å². The van der Waals surface area contributed by atoms with Gasteiger partial charge in [-0.1, -0.05) is 36.8 Å². The first-order valence-electron chi connectivity index (χ1n) is 7.40. The number of thiazole rings is 1. The van der Waals surface area contributed by atoms with Crippen LogP contribution in [0.4, 0.5) is 0 Å². The standard InChI is InChI=1S/C17H21N3S/c1-4-15(14-7-5-12(2)6-8-14)18-11-16-13(3)19-17-20(16)9-10-21-17/h5-10,15,18H,4,11H2,1-3H3. The summed E-state index contributed by atoms with van der Waals surface area (Å²) < 4.78 is 2.19. The smallest absolute Gasteiger partial charge is 0.194 e. The third kappa shape index (κ3) is 2.87. The lowest BCUT2D eigenvalue weighted by Gasteiger charge is -2.17. The van der Waals surface area contributed by atoms with Crippen molar-refractivity contribution in [1.82, 2.24) is 14.7 Å². The number of aryl methyl sites for hydroxylation is 2. The van der Waals surface area contributed by atoms with E-state index >= 15 is 0 Å². The Hall–Kier alpha value is -1.65. The van der Waals surface area contributed by atoms with Gasteiger partial charge in [-0.25, -0.2) is 4.98 Å². The molecule has 0 aliphatic heterocycles. The largest absolute Gasteiger partial charge is 0.304 e. The number of nitrogens with zero attached hydrogens (tertiary/aromatic N) is 2. The average molecular weight is 299 g/mol. The van der Waals surface area contributed by atoms with E-state index in [-0.39, 0.29) is 0 Å². The molecule has 2 aromatic heterocycles. The van der Waals surface area contributed by atoms with Crippen molar-refractivity contribution in [2.24, 2.45) is 0 Å². The topological polar surface area (TPSA) is 29.3 Å². The van der Waals surface area contributed by atoms with Crippen LogP contribution in [0.5, 0.6) is 0 Å². The number of hydrogen-bond donors (Lipinski definition) is 1. The van der Waals surface area contributed by atoms with Crippen LogP contribution >= 0.6 is 11.3 Å². The fourth-order valence-electron chi connectivity index (χ4n) is 2.67. The lowest BCUT2D eigenvalue weighted by atomic mass is 10.0. The number of rotatable bonds is 5. The van der Waals surface area contributed by atoms with E-state index < -0.39 is 0 Å². The van der Waals surface area contributed by atoms with E-state index in [4.69, 9.17) is 0 Å². The minimum atomic E-state index is 0.384. The molecule has 0 saturated heterocycles. The van der Waals surface area contributed by atoms with Crippen LogP contribution in [0.15, 0.2) is 35.8 Å². The summed E-state index contributed by atoms with van der Waals surface area (Å²) >= 11 is 1.68. The number of aromatic nitrogens is 2. The lowest BCUT2D eigenvalue weighted by Crippen LogP contribution is -2.21. The summed E-state index contributed by atoms with van der Waals surface area (Å²) in [5, 5.41) is 5.76. The summed E-state index contributed by atoms with van der Waals surface area (Å²) in [6.07, 6.45) is 3.18. The molecular formula is C17H21N3S. The summed E-state index contributed by atoms with van der Waals surface area (Å²) in [5.41, 5.74) is 5.04. The normalized spacial score (nSPS) is 12.9. The summed E-state index contributed by atoms with van der Waals surface area (Å²) in [4.78, 5) is 5.68. The molecule has 0 amide bonds. The maximum atomic E-state index is 4.60. The van der Waals surface area contributed by atoms with Gasteiger partial charge in [0.1, 0.15) is 0 Å². The Balaban J connectivity index is 1.77. The number of benzene rings is 1. The molecule has 1 unspecified atom stereocenters. The highest BCUT2D eigenvalue weighted by Crippen LogP contribution is 2.20. The van der Waals surface area contributed by atoms with Gasteiger partial charge in [-0.15, -0.1) is 11.3 Å². The average Bonchev–Trinajstić information content (AvgIpc) is 3.03.